The summed E-state index contributed by atoms with van der Waals surface area (Å²) in [5, 5.41) is 0. The quantitative estimate of drug-likeness (QED) is 0.739. The first-order valence-corrected chi connectivity index (χ1v) is 8.93. The molecule has 3 rings (SSSR count). The number of benzene rings is 1. The Balaban J connectivity index is 0.00000243. The normalized spacial score (nSPS) is 16.0. The summed E-state index contributed by atoms with van der Waals surface area (Å²) in [5.74, 6) is 0.944. The van der Waals surface area contributed by atoms with E-state index in [0.717, 1.165) is 38.5 Å². The lowest BCUT2D eigenvalue weighted by Gasteiger charge is -2.38. The number of ether oxygens (including phenoxy) is 2. The van der Waals surface area contributed by atoms with Gasteiger partial charge in [0.15, 0.2) is 0 Å². The third-order valence-electron chi connectivity index (χ3n) is 4.67. The van der Waals surface area contributed by atoms with Crippen molar-refractivity contribution in [2.75, 3.05) is 51.3 Å². The molecule has 26 heavy (non-hydrogen) atoms. The third-order valence-corrected chi connectivity index (χ3v) is 4.67. The van der Waals surface area contributed by atoms with Crippen LogP contribution in [0.3, 0.4) is 0 Å². The molecule has 0 saturated carbocycles. The Labute approximate surface area is 162 Å². The van der Waals surface area contributed by atoms with Gasteiger partial charge in [-0.15, -0.1) is 12.4 Å². The predicted molar refractivity (Wildman–Crippen MR) is 107 cm³/mol. The average Bonchev–Trinajstić information content (AvgIpc) is 2.69. The van der Waals surface area contributed by atoms with Crippen molar-refractivity contribution in [3.05, 3.63) is 54.4 Å². The van der Waals surface area contributed by atoms with Crippen molar-refractivity contribution in [2.24, 2.45) is 0 Å². The van der Waals surface area contributed by atoms with Crippen LogP contribution >= 0.6 is 12.4 Å². The molecular weight excluding hydrogens is 350 g/mol. The average molecular weight is 378 g/mol. The molecule has 2 aromatic rings. The maximum atomic E-state index is 5.98. The van der Waals surface area contributed by atoms with E-state index in [2.05, 4.69) is 26.9 Å². The Kier molecular flexibility index (Phi) is 8.16. The number of aromatic nitrogens is 1. The van der Waals surface area contributed by atoms with E-state index in [9.17, 15) is 0 Å². The van der Waals surface area contributed by atoms with E-state index in [1.54, 1.807) is 7.11 Å². The maximum Gasteiger partial charge on any atom is 0.142 e. The molecule has 2 heterocycles. The van der Waals surface area contributed by atoms with Gasteiger partial charge in [0.25, 0.3) is 0 Å². The SMILES string of the molecule is CCOC(CN1CCN(c2ccccc2OC)CC1)c1ccncc1.Cl. The number of pyridine rings is 1. The Morgan fingerprint density at radius 3 is 2.38 bits per heavy atom. The van der Waals surface area contributed by atoms with Crippen LogP contribution in [0.15, 0.2) is 48.8 Å². The molecule has 1 saturated heterocycles. The van der Waals surface area contributed by atoms with Crippen molar-refractivity contribution in [1.29, 1.82) is 0 Å². The zero-order valence-electron chi connectivity index (χ0n) is 15.5. The number of halogens is 1. The van der Waals surface area contributed by atoms with Crippen LogP contribution in [0.4, 0.5) is 5.69 Å². The number of anilines is 1. The van der Waals surface area contributed by atoms with Gasteiger partial charge in [0.05, 0.1) is 18.9 Å². The molecule has 0 amide bonds. The second-order valence-electron chi connectivity index (χ2n) is 6.18. The second kappa shape index (κ2) is 10.4. The van der Waals surface area contributed by atoms with Crippen LogP contribution in [-0.2, 0) is 4.74 Å². The van der Waals surface area contributed by atoms with E-state index >= 15 is 0 Å². The molecule has 1 aliphatic heterocycles. The highest BCUT2D eigenvalue weighted by atomic mass is 35.5. The van der Waals surface area contributed by atoms with E-state index < -0.39 is 0 Å². The van der Waals surface area contributed by atoms with Crippen LogP contribution in [0.5, 0.6) is 5.75 Å². The molecule has 0 bridgehead atoms. The molecule has 5 nitrogen and oxygen atoms in total. The van der Waals surface area contributed by atoms with Crippen molar-refractivity contribution < 1.29 is 9.47 Å². The van der Waals surface area contributed by atoms with Gasteiger partial charge >= 0.3 is 0 Å². The summed E-state index contributed by atoms with van der Waals surface area (Å²) >= 11 is 0. The van der Waals surface area contributed by atoms with Crippen molar-refractivity contribution in [1.82, 2.24) is 9.88 Å². The van der Waals surface area contributed by atoms with Gasteiger partial charge in [0.2, 0.25) is 0 Å². The minimum absolute atomic E-state index is 0. The Hall–Kier alpha value is -1.82. The van der Waals surface area contributed by atoms with Gasteiger partial charge in [-0.05, 0) is 36.8 Å². The van der Waals surface area contributed by atoms with Gasteiger partial charge in [-0.1, -0.05) is 12.1 Å². The van der Waals surface area contributed by atoms with Crippen LogP contribution in [0, 0.1) is 0 Å². The monoisotopic (exact) mass is 377 g/mol. The molecule has 1 fully saturated rings. The highest BCUT2D eigenvalue weighted by Crippen LogP contribution is 2.28. The topological polar surface area (TPSA) is 37.8 Å². The zero-order chi connectivity index (χ0) is 17.5. The summed E-state index contributed by atoms with van der Waals surface area (Å²) in [4.78, 5) is 8.99. The van der Waals surface area contributed by atoms with Crippen LogP contribution in [-0.4, -0.2) is 56.3 Å². The molecule has 0 spiro atoms. The third kappa shape index (κ3) is 5.10. The molecule has 0 N–H and O–H groups in total. The number of hydrogen-bond donors (Lipinski definition) is 0. The van der Waals surface area contributed by atoms with Crippen LogP contribution in [0.1, 0.15) is 18.6 Å². The van der Waals surface area contributed by atoms with Crippen molar-refractivity contribution in [3.8, 4) is 5.75 Å². The second-order valence-corrected chi connectivity index (χ2v) is 6.18. The number of hydrogen-bond acceptors (Lipinski definition) is 5. The van der Waals surface area contributed by atoms with E-state index in [1.165, 1.54) is 11.3 Å². The standard InChI is InChI=1S/C20H27N3O2.ClH/c1-3-25-20(17-8-10-21-11-9-17)16-22-12-14-23(15-13-22)18-6-4-5-7-19(18)24-2;/h4-11,20H,3,12-16H2,1-2H3;1H. The minimum Gasteiger partial charge on any atom is -0.495 e. The molecule has 142 valence electrons. The molecule has 1 atom stereocenters. The molecule has 0 radical (unpaired) electrons. The first kappa shape index (κ1) is 20.5. The van der Waals surface area contributed by atoms with Gasteiger partial charge < -0.3 is 14.4 Å². The van der Waals surface area contributed by atoms with E-state index in [0.29, 0.717) is 6.61 Å². The van der Waals surface area contributed by atoms with E-state index in [4.69, 9.17) is 9.47 Å². The number of piperazine rings is 1. The summed E-state index contributed by atoms with van der Waals surface area (Å²) in [6, 6.07) is 12.3. The van der Waals surface area contributed by atoms with Crippen LogP contribution in [0.2, 0.25) is 0 Å². The van der Waals surface area contributed by atoms with Gasteiger partial charge in [-0.3, -0.25) is 9.88 Å². The summed E-state index contributed by atoms with van der Waals surface area (Å²) in [6.07, 6.45) is 3.77. The molecular formula is C20H28ClN3O2. The lowest BCUT2D eigenvalue weighted by atomic mass is 10.1. The number of para-hydroxylation sites is 2. The fourth-order valence-electron chi connectivity index (χ4n) is 3.33. The van der Waals surface area contributed by atoms with Crippen LogP contribution in [0.25, 0.3) is 0 Å². The smallest absolute Gasteiger partial charge is 0.142 e. The molecule has 6 heteroatoms. The molecule has 0 aliphatic carbocycles. The minimum atomic E-state index is 0. The predicted octanol–water partition coefficient (Wildman–Crippen LogP) is 3.41. The zero-order valence-corrected chi connectivity index (χ0v) is 16.3. The van der Waals surface area contributed by atoms with Gasteiger partial charge in [-0.25, -0.2) is 0 Å². The molecule has 1 aromatic heterocycles. The summed E-state index contributed by atoms with van der Waals surface area (Å²) in [6.45, 7) is 7.71. The van der Waals surface area contributed by atoms with Gasteiger partial charge in [0, 0.05) is 51.7 Å². The van der Waals surface area contributed by atoms with Crippen molar-refractivity contribution >= 4 is 18.1 Å². The molecule has 1 aromatic carbocycles. The van der Waals surface area contributed by atoms with Gasteiger partial charge in [0.1, 0.15) is 5.75 Å². The Morgan fingerprint density at radius 2 is 1.73 bits per heavy atom. The Bertz CT molecular complexity index is 649. The highest BCUT2D eigenvalue weighted by Gasteiger charge is 2.22. The summed E-state index contributed by atoms with van der Waals surface area (Å²) in [7, 11) is 1.73. The van der Waals surface area contributed by atoms with Gasteiger partial charge in [-0.2, -0.15) is 0 Å². The van der Waals surface area contributed by atoms with E-state index in [-0.39, 0.29) is 18.5 Å². The van der Waals surface area contributed by atoms with Crippen molar-refractivity contribution in [2.45, 2.75) is 13.0 Å². The lowest BCUT2D eigenvalue weighted by molar-refractivity contribution is 0.0310. The number of nitrogens with zero attached hydrogens (tertiary/aromatic N) is 3. The lowest BCUT2D eigenvalue weighted by Crippen LogP contribution is -2.47. The fourth-order valence-corrected chi connectivity index (χ4v) is 3.33. The number of methoxy groups -OCH3 is 1. The first-order chi connectivity index (χ1) is 12.3. The fraction of sp³-hybridized carbons (Fsp3) is 0.450. The molecule has 1 aliphatic rings. The maximum absolute atomic E-state index is 5.98. The molecule has 1 unspecified atom stereocenters. The van der Waals surface area contributed by atoms with Crippen LogP contribution < -0.4 is 9.64 Å². The summed E-state index contributed by atoms with van der Waals surface area (Å²) < 4.78 is 11.5. The first-order valence-electron chi connectivity index (χ1n) is 8.93. The van der Waals surface area contributed by atoms with E-state index in [1.807, 2.05) is 43.6 Å². The summed E-state index contributed by atoms with van der Waals surface area (Å²) in [5.41, 5.74) is 2.38. The number of rotatable bonds is 7. The van der Waals surface area contributed by atoms with Crippen molar-refractivity contribution in [3.63, 3.8) is 0 Å². The highest BCUT2D eigenvalue weighted by molar-refractivity contribution is 5.85. The largest absolute Gasteiger partial charge is 0.495 e. The Morgan fingerprint density at radius 1 is 1.04 bits per heavy atom.